The van der Waals surface area contributed by atoms with Crippen molar-refractivity contribution in [1.82, 2.24) is 14.7 Å². The van der Waals surface area contributed by atoms with Gasteiger partial charge in [-0.25, -0.2) is 9.07 Å². The smallest absolute Gasteiger partial charge is 0.266 e. The number of amides is 1. The van der Waals surface area contributed by atoms with Gasteiger partial charge in [-0.3, -0.25) is 9.69 Å². The van der Waals surface area contributed by atoms with Crippen LogP contribution in [0.2, 0.25) is 0 Å². The Balaban J connectivity index is 1.46. The van der Waals surface area contributed by atoms with E-state index in [9.17, 15) is 9.18 Å². The van der Waals surface area contributed by atoms with E-state index in [2.05, 4.69) is 0 Å². The van der Waals surface area contributed by atoms with Gasteiger partial charge >= 0.3 is 0 Å². The van der Waals surface area contributed by atoms with E-state index in [1.165, 1.54) is 17.8 Å². The number of thioether (sulfide) groups is 1. The molecule has 1 atom stereocenters. The zero-order valence-corrected chi connectivity index (χ0v) is 22.6. The first-order valence-corrected chi connectivity index (χ1v) is 13.6. The van der Waals surface area contributed by atoms with E-state index in [1.807, 2.05) is 80.7 Å². The predicted octanol–water partition coefficient (Wildman–Crippen LogP) is 7.26. The van der Waals surface area contributed by atoms with Gasteiger partial charge in [0.2, 0.25) is 0 Å². The molecule has 1 aromatic heterocycles. The summed E-state index contributed by atoms with van der Waals surface area (Å²) in [5.74, 6) is 0.249. The number of thiocarbonyl (C=S) groups is 1. The Morgan fingerprint density at radius 1 is 1.05 bits per heavy atom. The SMILES string of the molecule is CCC(C)N1C(=O)/C(=C/c2cn(-c3ccccc3)nc2-c2ccc(OCc3ccccc3F)cc2)SC1=S. The summed E-state index contributed by atoms with van der Waals surface area (Å²) in [7, 11) is 0. The normalized spacial score (nSPS) is 15.3. The molecule has 0 radical (unpaired) electrons. The Hall–Kier alpha value is -3.75. The zero-order valence-electron chi connectivity index (χ0n) is 21.0. The number of halogens is 1. The van der Waals surface area contributed by atoms with Gasteiger partial charge < -0.3 is 4.74 Å². The molecule has 0 bridgehead atoms. The number of para-hydroxylation sites is 1. The summed E-state index contributed by atoms with van der Waals surface area (Å²) in [6.45, 7) is 4.18. The molecule has 192 valence electrons. The van der Waals surface area contributed by atoms with Crippen molar-refractivity contribution in [1.29, 1.82) is 0 Å². The quantitative estimate of drug-likeness (QED) is 0.173. The minimum absolute atomic E-state index is 0.0387. The van der Waals surface area contributed by atoms with E-state index in [0.29, 0.717) is 20.5 Å². The Morgan fingerprint density at radius 3 is 2.47 bits per heavy atom. The van der Waals surface area contributed by atoms with E-state index >= 15 is 0 Å². The molecule has 8 heteroatoms. The van der Waals surface area contributed by atoms with Crippen LogP contribution in [-0.2, 0) is 11.4 Å². The molecular formula is C30H26FN3O2S2. The predicted molar refractivity (Wildman–Crippen MR) is 154 cm³/mol. The average molecular weight is 544 g/mol. The minimum Gasteiger partial charge on any atom is -0.489 e. The van der Waals surface area contributed by atoms with E-state index in [1.54, 1.807) is 27.8 Å². The molecule has 0 saturated carbocycles. The number of carbonyl (C=O) groups excluding carboxylic acids is 1. The fraction of sp³-hybridized carbons (Fsp3) is 0.167. The molecule has 2 heterocycles. The Bertz CT molecular complexity index is 1500. The van der Waals surface area contributed by atoms with E-state index in [0.717, 1.165) is 28.9 Å². The lowest BCUT2D eigenvalue weighted by Gasteiger charge is -2.21. The average Bonchev–Trinajstić information content (AvgIpc) is 3.48. The number of aromatic nitrogens is 2. The van der Waals surface area contributed by atoms with Gasteiger partial charge in [-0.2, -0.15) is 5.10 Å². The summed E-state index contributed by atoms with van der Waals surface area (Å²) in [6, 6.07) is 23.9. The summed E-state index contributed by atoms with van der Waals surface area (Å²) >= 11 is 6.83. The van der Waals surface area contributed by atoms with Gasteiger partial charge in [0.1, 0.15) is 22.5 Å². The first-order chi connectivity index (χ1) is 18.4. The number of hydrogen-bond donors (Lipinski definition) is 0. The molecule has 1 amide bonds. The van der Waals surface area contributed by atoms with Gasteiger partial charge in [0.05, 0.1) is 16.3 Å². The number of carbonyl (C=O) groups is 1. The van der Waals surface area contributed by atoms with Gasteiger partial charge in [0.15, 0.2) is 0 Å². The third-order valence-corrected chi connectivity index (χ3v) is 7.72. The highest BCUT2D eigenvalue weighted by molar-refractivity contribution is 8.26. The number of nitrogens with zero attached hydrogens (tertiary/aromatic N) is 3. The van der Waals surface area contributed by atoms with Crippen molar-refractivity contribution in [2.45, 2.75) is 32.9 Å². The molecule has 0 aliphatic carbocycles. The van der Waals surface area contributed by atoms with Crippen LogP contribution in [0.15, 0.2) is 90.0 Å². The van der Waals surface area contributed by atoms with Crippen molar-refractivity contribution >= 4 is 40.3 Å². The summed E-state index contributed by atoms with van der Waals surface area (Å²) in [6.07, 6.45) is 4.61. The van der Waals surface area contributed by atoms with Gasteiger partial charge in [0, 0.05) is 28.9 Å². The van der Waals surface area contributed by atoms with Crippen molar-refractivity contribution in [3.05, 3.63) is 107 Å². The van der Waals surface area contributed by atoms with Crippen LogP contribution in [0, 0.1) is 5.82 Å². The molecule has 0 spiro atoms. The Kier molecular flexibility index (Phi) is 7.72. The minimum atomic E-state index is -0.293. The topological polar surface area (TPSA) is 47.4 Å². The highest BCUT2D eigenvalue weighted by Crippen LogP contribution is 2.36. The third-order valence-electron chi connectivity index (χ3n) is 6.38. The van der Waals surface area contributed by atoms with Crippen LogP contribution >= 0.6 is 24.0 Å². The van der Waals surface area contributed by atoms with E-state index in [-0.39, 0.29) is 24.4 Å². The Morgan fingerprint density at radius 2 is 1.76 bits per heavy atom. The maximum absolute atomic E-state index is 13.9. The number of benzene rings is 3. The second kappa shape index (κ2) is 11.3. The maximum Gasteiger partial charge on any atom is 0.266 e. The highest BCUT2D eigenvalue weighted by atomic mass is 32.2. The zero-order chi connectivity index (χ0) is 26.6. The molecule has 1 unspecified atom stereocenters. The van der Waals surface area contributed by atoms with E-state index < -0.39 is 0 Å². The molecule has 4 aromatic rings. The van der Waals surface area contributed by atoms with Gasteiger partial charge in [-0.05, 0) is 61.9 Å². The summed E-state index contributed by atoms with van der Waals surface area (Å²) in [4.78, 5) is 15.4. The molecule has 38 heavy (non-hydrogen) atoms. The first kappa shape index (κ1) is 25.9. The number of hydrogen-bond acceptors (Lipinski definition) is 5. The lowest BCUT2D eigenvalue weighted by atomic mass is 10.1. The van der Waals surface area contributed by atoms with E-state index in [4.69, 9.17) is 22.1 Å². The molecule has 0 N–H and O–H groups in total. The standard InChI is InChI=1S/C30H26FN3O2S2/c1-3-20(2)34-29(35)27(38-30(34)37)17-23-18-33(24-10-5-4-6-11-24)32-28(23)21-13-15-25(16-14-21)36-19-22-9-7-8-12-26(22)31/h4-18,20H,3,19H2,1-2H3/b27-17-. The molecule has 1 aliphatic rings. The van der Waals surface area contributed by atoms with Crippen LogP contribution < -0.4 is 4.74 Å². The van der Waals surface area contributed by atoms with Crippen molar-refractivity contribution in [3.63, 3.8) is 0 Å². The Labute approximate surface area is 230 Å². The lowest BCUT2D eigenvalue weighted by Crippen LogP contribution is -2.36. The molecule has 5 nitrogen and oxygen atoms in total. The van der Waals surface area contributed by atoms with Gasteiger partial charge in [-0.15, -0.1) is 0 Å². The van der Waals surface area contributed by atoms with Gasteiger partial charge in [0.25, 0.3) is 5.91 Å². The monoisotopic (exact) mass is 543 g/mol. The fourth-order valence-electron chi connectivity index (χ4n) is 4.10. The van der Waals surface area contributed by atoms with Crippen LogP contribution in [0.1, 0.15) is 31.4 Å². The summed E-state index contributed by atoms with van der Waals surface area (Å²) < 4.78 is 22.1. The molecule has 1 fully saturated rings. The third kappa shape index (κ3) is 5.42. The van der Waals surface area contributed by atoms with Gasteiger partial charge in [-0.1, -0.05) is 67.3 Å². The number of rotatable bonds is 8. The highest BCUT2D eigenvalue weighted by Gasteiger charge is 2.35. The lowest BCUT2D eigenvalue weighted by molar-refractivity contribution is -0.123. The van der Waals surface area contributed by atoms with Crippen LogP contribution in [0.25, 0.3) is 23.0 Å². The second-order valence-corrected chi connectivity index (χ2v) is 10.6. The van der Waals surface area contributed by atoms with Crippen LogP contribution in [0.5, 0.6) is 5.75 Å². The maximum atomic E-state index is 13.9. The molecule has 5 rings (SSSR count). The first-order valence-electron chi connectivity index (χ1n) is 12.3. The molecular weight excluding hydrogens is 517 g/mol. The van der Waals surface area contributed by atoms with Crippen LogP contribution in [0.4, 0.5) is 4.39 Å². The molecule has 1 aliphatic heterocycles. The van der Waals surface area contributed by atoms with Crippen molar-refractivity contribution < 1.29 is 13.9 Å². The largest absolute Gasteiger partial charge is 0.489 e. The molecule has 1 saturated heterocycles. The van der Waals surface area contributed by atoms with Crippen molar-refractivity contribution in [3.8, 4) is 22.7 Å². The second-order valence-electron chi connectivity index (χ2n) is 8.93. The van der Waals surface area contributed by atoms with Crippen LogP contribution in [-0.4, -0.2) is 30.9 Å². The summed E-state index contributed by atoms with van der Waals surface area (Å²) in [5.41, 5.74) is 3.80. The van der Waals surface area contributed by atoms with Crippen molar-refractivity contribution in [2.24, 2.45) is 0 Å². The van der Waals surface area contributed by atoms with Crippen molar-refractivity contribution in [2.75, 3.05) is 0 Å². The number of ether oxygens (including phenoxy) is 1. The summed E-state index contributed by atoms with van der Waals surface area (Å²) in [5, 5.41) is 4.86. The fourth-order valence-corrected chi connectivity index (χ4v) is 5.55. The molecule has 3 aromatic carbocycles. The van der Waals surface area contributed by atoms with Crippen LogP contribution in [0.3, 0.4) is 0 Å².